The minimum absolute atomic E-state index is 0.130. The van der Waals surface area contributed by atoms with Gasteiger partial charge in [-0.2, -0.15) is 0 Å². The molecular weight excluding hydrogens is 322 g/mol. The molecule has 132 valence electrons. The van der Waals surface area contributed by atoms with Crippen LogP contribution in [0.5, 0.6) is 0 Å². The minimum atomic E-state index is -0.359. The van der Waals surface area contributed by atoms with Crippen LogP contribution in [0.3, 0.4) is 0 Å². The summed E-state index contributed by atoms with van der Waals surface area (Å²) in [7, 11) is 0. The molecule has 0 aromatic carbocycles. The Morgan fingerprint density at radius 3 is 2.72 bits per heavy atom. The van der Waals surface area contributed by atoms with Gasteiger partial charge >= 0.3 is 12.0 Å². The first kappa shape index (κ1) is 16.9. The van der Waals surface area contributed by atoms with Crippen LogP contribution in [-0.2, 0) is 4.74 Å². The van der Waals surface area contributed by atoms with E-state index in [1.54, 1.807) is 31.6 Å². The van der Waals surface area contributed by atoms with Crippen LogP contribution in [0.15, 0.2) is 37.1 Å². The highest BCUT2D eigenvalue weighted by atomic mass is 16.5. The number of ether oxygens (including phenoxy) is 1. The van der Waals surface area contributed by atoms with Crippen LogP contribution < -0.4 is 10.2 Å². The highest BCUT2D eigenvalue weighted by molar-refractivity contribution is 5.89. The van der Waals surface area contributed by atoms with Crippen molar-refractivity contribution in [3.63, 3.8) is 0 Å². The van der Waals surface area contributed by atoms with Crippen molar-refractivity contribution in [1.29, 1.82) is 0 Å². The Morgan fingerprint density at radius 2 is 2.12 bits per heavy atom. The van der Waals surface area contributed by atoms with Gasteiger partial charge < -0.3 is 15.0 Å². The molecule has 1 fully saturated rings. The van der Waals surface area contributed by atoms with E-state index in [1.807, 2.05) is 6.07 Å². The zero-order valence-corrected chi connectivity index (χ0v) is 14.1. The second-order valence-electron chi connectivity index (χ2n) is 5.81. The Hall–Kier alpha value is -2.90. The third-order valence-electron chi connectivity index (χ3n) is 4.14. The maximum Gasteiger partial charge on any atom is 0.339 e. The number of carbonyl (C=O) groups is 2. The van der Waals surface area contributed by atoms with Crippen molar-refractivity contribution < 1.29 is 14.3 Å². The summed E-state index contributed by atoms with van der Waals surface area (Å²) in [6.07, 6.45) is 7.90. The summed E-state index contributed by atoms with van der Waals surface area (Å²) < 4.78 is 6.39. The van der Waals surface area contributed by atoms with Crippen LogP contribution in [0.1, 0.15) is 30.1 Å². The molecule has 8 heteroatoms. The van der Waals surface area contributed by atoms with Gasteiger partial charge in [-0.3, -0.25) is 4.57 Å². The number of anilines is 1. The summed E-state index contributed by atoms with van der Waals surface area (Å²) in [4.78, 5) is 34.1. The summed E-state index contributed by atoms with van der Waals surface area (Å²) in [5, 5.41) is 3.01. The summed E-state index contributed by atoms with van der Waals surface area (Å²) in [5.41, 5.74) is 0.452. The molecule has 0 saturated carbocycles. The number of esters is 1. The van der Waals surface area contributed by atoms with Crippen LogP contribution in [0, 0.1) is 0 Å². The van der Waals surface area contributed by atoms with E-state index in [-0.39, 0.29) is 18.0 Å². The SMILES string of the molecule is CCOC(=O)c1ccc(N2CCC(NC(=O)n3ccnc3)CC2)nc1. The van der Waals surface area contributed by atoms with Crippen LogP contribution in [0.2, 0.25) is 0 Å². The van der Waals surface area contributed by atoms with E-state index in [0.717, 1.165) is 31.7 Å². The van der Waals surface area contributed by atoms with E-state index in [0.29, 0.717) is 12.2 Å². The third-order valence-corrected chi connectivity index (χ3v) is 4.14. The molecule has 0 atom stereocenters. The number of pyridine rings is 1. The van der Waals surface area contributed by atoms with Gasteiger partial charge in [-0.15, -0.1) is 0 Å². The second kappa shape index (κ2) is 7.78. The van der Waals surface area contributed by atoms with Gasteiger partial charge in [0.1, 0.15) is 12.1 Å². The summed E-state index contributed by atoms with van der Waals surface area (Å²) in [6.45, 7) is 3.70. The monoisotopic (exact) mass is 343 g/mol. The number of piperidine rings is 1. The van der Waals surface area contributed by atoms with Crippen molar-refractivity contribution in [3.05, 3.63) is 42.6 Å². The van der Waals surface area contributed by atoms with Crippen molar-refractivity contribution >= 4 is 17.8 Å². The minimum Gasteiger partial charge on any atom is -0.462 e. The third kappa shape index (κ3) is 4.14. The van der Waals surface area contributed by atoms with Crippen molar-refractivity contribution in [2.24, 2.45) is 0 Å². The largest absolute Gasteiger partial charge is 0.462 e. The van der Waals surface area contributed by atoms with Crippen molar-refractivity contribution in [3.8, 4) is 0 Å². The number of amides is 1. The van der Waals surface area contributed by atoms with E-state index >= 15 is 0 Å². The van der Waals surface area contributed by atoms with E-state index < -0.39 is 0 Å². The molecule has 2 aromatic rings. The quantitative estimate of drug-likeness (QED) is 0.850. The molecule has 0 unspecified atom stereocenters. The Labute approximate surface area is 145 Å². The number of imidazole rings is 1. The molecule has 1 aliphatic heterocycles. The molecule has 3 rings (SSSR count). The van der Waals surface area contributed by atoms with E-state index in [1.165, 1.54) is 10.9 Å². The molecular formula is C17H21N5O3. The Kier molecular flexibility index (Phi) is 5.27. The van der Waals surface area contributed by atoms with Crippen molar-refractivity contribution in [1.82, 2.24) is 19.9 Å². The Bertz CT molecular complexity index is 706. The average molecular weight is 343 g/mol. The number of carbonyl (C=O) groups excluding carboxylic acids is 2. The molecule has 1 amide bonds. The molecule has 3 heterocycles. The molecule has 2 aromatic heterocycles. The van der Waals surface area contributed by atoms with Gasteiger partial charge in [-0.25, -0.2) is 19.6 Å². The number of hydrogen-bond donors (Lipinski definition) is 1. The van der Waals surface area contributed by atoms with Gasteiger partial charge in [0.25, 0.3) is 0 Å². The second-order valence-corrected chi connectivity index (χ2v) is 5.81. The maximum absolute atomic E-state index is 12.0. The van der Waals surface area contributed by atoms with Gasteiger partial charge in [0, 0.05) is 37.7 Å². The van der Waals surface area contributed by atoms with Crippen molar-refractivity contribution in [2.45, 2.75) is 25.8 Å². The molecule has 1 aliphatic rings. The normalized spacial score (nSPS) is 15.0. The molecule has 1 N–H and O–H groups in total. The lowest BCUT2D eigenvalue weighted by Gasteiger charge is -2.33. The molecule has 0 bridgehead atoms. The van der Waals surface area contributed by atoms with Gasteiger partial charge in [-0.1, -0.05) is 0 Å². The van der Waals surface area contributed by atoms with Crippen LogP contribution in [-0.4, -0.2) is 52.3 Å². The Morgan fingerprint density at radius 1 is 1.32 bits per heavy atom. The van der Waals surface area contributed by atoms with Gasteiger partial charge in [-0.05, 0) is 31.9 Å². The first-order valence-corrected chi connectivity index (χ1v) is 8.34. The zero-order chi connectivity index (χ0) is 17.6. The fourth-order valence-corrected chi connectivity index (χ4v) is 2.79. The highest BCUT2D eigenvalue weighted by Crippen LogP contribution is 2.18. The highest BCUT2D eigenvalue weighted by Gasteiger charge is 2.22. The summed E-state index contributed by atoms with van der Waals surface area (Å²) >= 11 is 0. The summed E-state index contributed by atoms with van der Waals surface area (Å²) in [6, 6.07) is 3.53. The first-order valence-electron chi connectivity index (χ1n) is 8.34. The zero-order valence-electron chi connectivity index (χ0n) is 14.1. The standard InChI is InChI=1S/C17H21N5O3/c1-2-25-16(23)13-3-4-15(19-11-13)21-8-5-14(6-9-21)20-17(24)22-10-7-18-12-22/h3-4,7,10-12,14H,2,5-6,8-9H2,1H3,(H,20,24). The van der Waals surface area contributed by atoms with Gasteiger partial charge in [0.2, 0.25) is 0 Å². The fourth-order valence-electron chi connectivity index (χ4n) is 2.79. The number of hydrogen-bond acceptors (Lipinski definition) is 6. The van der Waals surface area contributed by atoms with Crippen LogP contribution in [0.25, 0.3) is 0 Å². The van der Waals surface area contributed by atoms with Crippen LogP contribution >= 0.6 is 0 Å². The molecule has 1 saturated heterocycles. The number of nitrogens with zero attached hydrogens (tertiary/aromatic N) is 4. The summed E-state index contributed by atoms with van der Waals surface area (Å²) in [5.74, 6) is 0.468. The number of rotatable bonds is 4. The molecule has 0 aliphatic carbocycles. The number of nitrogens with one attached hydrogen (secondary N) is 1. The molecule has 0 spiro atoms. The lowest BCUT2D eigenvalue weighted by molar-refractivity contribution is 0.0526. The molecule has 0 radical (unpaired) electrons. The molecule has 25 heavy (non-hydrogen) atoms. The lowest BCUT2D eigenvalue weighted by Crippen LogP contribution is -2.45. The predicted molar refractivity (Wildman–Crippen MR) is 91.6 cm³/mol. The van der Waals surface area contributed by atoms with Gasteiger partial charge in [0.05, 0.1) is 12.2 Å². The van der Waals surface area contributed by atoms with E-state index in [4.69, 9.17) is 4.74 Å². The Balaban J connectivity index is 1.52. The average Bonchev–Trinajstić information content (AvgIpc) is 3.18. The fraction of sp³-hybridized carbons (Fsp3) is 0.412. The van der Waals surface area contributed by atoms with Crippen LogP contribution in [0.4, 0.5) is 10.6 Å². The topological polar surface area (TPSA) is 89.4 Å². The lowest BCUT2D eigenvalue weighted by atomic mass is 10.1. The van der Waals surface area contributed by atoms with E-state index in [9.17, 15) is 9.59 Å². The molecule has 8 nitrogen and oxygen atoms in total. The van der Waals surface area contributed by atoms with E-state index in [2.05, 4.69) is 20.2 Å². The van der Waals surface area contributed by atoms with Gasteiger partial charge in [0.15, 0.2) is 0 Å². The van der Waals surface area contributed by atoms with Crippen molar-refractivity contribution in [2.75, 3.05) is 24.6 Å². The maximum atomic E-state index is 12.0. The number of aromatic nitrogens is 3. The first-order chi connectivity index (χ1) is 12.2. The smallest absolute Gasteiger partial charge is 0.339 e. The predicted octanol–water partition coefficient (Wildman–Crippen LogP) is 1.68.